The fourth-order valence-electron chi connectivity index (χ4n) is 4.48. The molecule has 0 spiro atoms. The van der Waals surface area contributed by atoms with Gasteiger partial charge in [-0.05, 0) is 74.4 Å². The van der Waals surface area contributed by atoms with Crippen LogP contribution in [-0.2, 0) is 17.6 Å². The van der Waals surface area contributed by atoms with Gasteiger partial charge in [-0.25, -0.2) is 4.98 Å². The number of benzene rings is 1. The molecule has 2 heterocycles. The van der Waals surface area contributed by atoms with Gasteiger partial charge in [-0.3, -0.25) is 4.79 Å². The number of amides is 1. The molecule has 2 aromatic rings. The van der Waals surface area contributed by atoms with E-state index in [0.717, 1.165) is 62.0 Å². The van der Waals surface area contributed by atoms with Gasteiger partial charge < -0.3 is 15.0 Å². The lowest BCUT2D eigenvalue weighted by Crippen LogP contribution is -2.35. The van der Waals surface area contributed by atoms with E-state index < -0.39 is 0 Å². The second-order valence-corrected chi connectivity index (χ2v) is 8.12. The Bertz CT molecular complexity index is 886. The largest absolute Gasteiger partial charge is 0.474 e. The van der Waals surface area contributed by atoms with Crippen LogP contribution in [-0.4, -0.2) is 42.0 Å². The number of rotatable bonds is 4. The number of nitrogens with one attached hydrogen (secondary N) is 1. The molecule has 2 aliphatic rings. The first-order valence-corrected chi connectivity index (χ1v) is 10.3. The van der Waals surface area contributed by atoms with Crippen molar-refractivity contribution >= 4 is 11.6 Å². The van der Waals surface area contributed by atoms with Gasteiger partial charge in [-0.15, -0.1) is 0 Å². The number of aromatic nitrogens is 1. The van der Waals surface area contributed by atoms with E-state index in [-0.39, 0.29) is 12.0 Å². The summed E-state index contributed by atoms with van der Waals surface area (Å²) in [4.78, 5) is 18.7. The second-order valence-electron chi connectivity index (χ2n) is 8.12. The number of pyridine rings is 1. The van der Waals surface area contributed by atoms with Crippen molar-refractivity contribution in [2.75, 3.05) is 25.5 Å². The predicted octanol–water partition coefficient (Wildman–Crippen LogP) is 3.98. The van der Waals surface area contributed by atoms with Gasteiger partial charge in [0.25, 0.3) is 0 Å². The number of carbonyl (C=O) groups is 1. The first kappa shape index (κ1) is 18.9. The second kappa shape index (κ2) is 7.92. The number of fused-ring (bicyclic) bond motifs is 1. The van der Waals surface area contributed by atoms with E-state index in [2.05, 4.69) is 35.2 Å². The molecule has 1 N–H and O–H groups in total. The Morgan fingerprint density at radius 2 is 2.04 bits per heavy atom. The van der Waals surface area contributed by atoms with E-state index in [1.807, 2.05) is 18.3 Å². The van der Waals surface area contributed by atoms with Crippen molar-refractivity contribution in [3.63, 3.8) is 0 Å². The zero-order valence-electron chi connectivity index (χ0n) is 17.0. The monoisotopic (exact) mass is 379 g/mol. The summed E-state index contributed by atoms with van der Waals surface area (Å²) < 4.78 is 6.19. The quantitative estimate of drug-likeness (QED) is 0.873. The van der Waals surface area contributed by atoms with Crippen molar-refractivity contribution < 1.29 is 9.53 Å². The third-order valence-corrected chi connectivity index (χ3v) is 5.87. The number of anilines is 1. The molecule has 5 heteroatoms. The molecule has 0 saturated carbocycles. The Morgan fingerprint density at radius 3 is 2.79 bits per heavy atom. The molecule has 1 aromatic heterocycles. The first-order valence-electron chi connectivity index (χ1n) is 10.3. The van der Waals surface area contributed by atoms with Gasteiger partial charge in [0.05, 0.1) is 5.69 Å². The molecule has 1 saturated heterocycles. The van der Waals surface area contributed by atoms with Gasteiger partial charge >= 0.3 is 0 Å². The summed E-state index contributed by atoms with van der Waals surface area (Å²) in [5.74, 6) is 0.638. The molecule has 148 valence electrons. The highest BCUT2D eigenvalue weighted by Gasteiger charge is 2.23. The van der Waals surface area contributed by atoms with Gasteiger partial charge in [0, 0.05) is 37.8 Å². The van der Waals surface area contributed by atoms with Crippen LogP contribution >= 0.6 is 0 Å². The molecule has 0 unspecified atom stereocenters. The fraction of sp³-hybridized carbons (Fsp3) is 0.478. The molecule has 1 aliphatic carbocycles. The van der Waals surface area contributed by atoms with Crippen LogP contribution in [0.5, 0.6) is 5.88 Å². The summed E-state index contributed by atoms with van der Waals surface area (Å²) in [6.07, 6.45) is 7.33. The molecular weight excluding hydrogens is 350 g/mol. The summed E-state index contributed by atoms with van der Waals surface area (Å²) in [5, 5.41) is 3.11. The summed E-state index contributed by atoms with van der Waals surface area (Å²) in [5.41, 5.74) is 6.94. The zero-order chi connectivity index (χ0) is 19.7. The third kappa shape index (κ3) is 3.90. The molecule has 0 atom stereocenters. The smallest absolute Gasteiger partial charge is 0.221 e. The number of hydrogen-bond donors (Lipinski definition) is 1. The molecule has 1 amide bonds. The molecule has 0 radical (unpaired) electrons. The van der Waals surface area contributed by atoms with Crippen LogP contribution in [0, 0.1) is 6.92 Å². The Balaban J connectivity index is 1.68. The molecule has 5 nitrogen and oxygen atoms in total. The van der Waals surface area contributed by atoms with Crippen LogP contribution in [0.2, 0.25) is 0 Å². The number of carbonyl (C=O) groups excluding carboxylic acids is 1. The number of nitrogens with zero attached hydrogens (tertiary/aromatic N) is 2. The molecule has 1 aliphatic heterocycles. The third-order valence-electron chi connectivity index (χ3n) is 5.87. The van der Waals surface area contributed by atoms with Crippen molar-refractivity contribution in [3.05, 3.63) is 41.1 Å². The molecule has 1 fully saturated rings. The van der Waals surface area contributed by atoms with Gasteiger partial charge in [-0.1, -0.05) is 6.07 Å². The number of ether oxygens (including phenoxy) is 1. The van der Waals surface area contributed by atoms with Crippen molar-refractivity contribution in [3.8, 4) is 17.0 Å². The number of aryl methyl sites for hydroxylation is 2. The van der Waals surface area contributed by atoms with E-state index in [0.29, 0.717) is 5.88 Å². The zero-order valence-corrected chi connectivity index (χ0v) is 17.0. The minimum absolute atomic E-state index is 0.0298. The molecule has 28 heavy (non-hydrogen) atoms. The normalized spacial score (nSPS) is 17.4. The first-order chi connectivity index (χ1) is 13.5. The maximum absolute atomic E-state index is 11.9. The standard InChI is InChI=1S/C23H29N3O2/c1-15-13-17-5-4-6-20(17)23(25-16(2)27)22(15)18-7-10-24-21(14-18)28-19-8-11-26(3)12-9-19/h7,10,13-14,19H,4-6,8-9,11-12H2,1-3H3,(H,25,27). The average Bonchev–Trinajstić information content (AvgIpc) is 3.12. The predicted molar refractivity (Wildman–Crippen MR) is 112 cm³/mol. The van der Waals surface area contributed by atoms with E-state index in [9.17, 15) is 4.79 Å². The van der Waals surface area contributed by atoms with Crippen molar-refractivity contribution in [1.82, 2.24) is 9.88 Å². The summed E-state index contributed by atoms with van der Waals surface area (Å²) in [7, 11) is 2.15. The molecular formula is C23H29N3O2. The van der Waals surface area contributed by atoms with Crippen LogP contribution < -0.4 is 10.1 Å². The number of likely N-dealkylation sites (tertiary alicyclic amines) is 1. The van der Waals surface area contributed by atoms with E-state index in [1.165, 1.54) is 16.7 Å². The maximum atomic E-state index is 11.9. The SMILES string of the molecule is CC(=O)Nc1c2c(cc(C)c1-c1ccnc(OC3CCN(C)CC3)c1)CCC2. The van der Waals surface area contributed by atoms with Gasteiger partial charge in [0.15, 0.2) is 0 Å². The highest BCUT2D eigenvalue weighted by molar-refractivity contribution is 5.97. The van der Waals surface area contributed by atoms with E-state index in [4.69, 9.17) is 4.74 Å². The topological polar surface area (TPSA) is 54.5 Å². The van der Waals surface area contributed by atoms with Crippen LogP contribution in [0.4, 0.5) is 5.69 Å². The van der Waals surface area contributed by atoms with Crippen molar-refractivity contribution in [2.45, 2.75) is 52.1 Å². The molecule has 4 rings (SSSR count). The molecule has 0 bridgehead atoms. The molecule has 1 aromatic carbocycles. The maximum Gasteiger partial charge on any atom is 0.221 e. The minimum Gasteiger partial charge on any atom is -0.474 e. The lowest BCUT2D eigenvalue weighted by atomic mass is 9.93. The Morgan fingerprint density at radius 1 is 1.25 bits per heavy atom. The number of piperidine rings is 1. The number of hydrogen-bond acceptors (Lipinski definition) is 4. The Kier molecular flexibility index (Phi) is 5.36. The van der Waals surface area contributed by atoms with Gasteiger partial charge in [-0.2, -0.15) is 0 Å². The fourth-order valence-corrected chi connectivity index (χ4v) is 4.48. The van der Waals surface area contributed by atoms with Crippen molar-refractivity contribution in [2.24, 2.45) is 0 Å². The lowest BCUT2D eigenvalue weighted by Gasteiger charge is -2.29. The summed E-state index contributed by atoms with van der Waals surface area (Å²) in [6.45, 7) is 5.81. The van der Waals surface area contributed by atoms with E-state index >= 15 is 0 Å². The van der Waals surface area contributed by atoms with E-state index in [1.54, 1.807) is 6.92 Å². The Labute approximate surface area is 167 Å². The average molecular weight is 380 g/mol. The van der Waals surface area contributed by atoms with Crippen LogP contribution in [0.3, 0.4) is 0 Å². The van der Waals surface area contributed by atoms with Crippen LogP contribution in [0.25, 0.3) is 11.1 Å². The van der Waals surface area contributed by atoms with Gasteiger partial charge in [0.1, 0.15) is 6.10 Å². The van der Waals surface area contributed by atoms with Crippen LogP contribution in [0.1, 0.15) is 42.9 Å². The summed E-state index contributed by atoms with van der Waals surface area (Å²) >= 11 is 0. The summed E-state index contributed by atoms with van der Waals surface area (Å²) in [6, 6.07) is 6.31. The highest BCUT2D eigenvalue weighted by atomic mass is 16.5. The van der Waals surface area contributed by atoms with Gasteiger partial charge in [0.2, 0.25) is 11.8 Å². The van der Waals surface area contributed by atoms with Crippen molar-refractivity contribution in [1.29, 1.82) is 0 Å². The highest BCUT2D eigenvalue weighted by Crippen LogP contribution is 2.40. The van der Waals surface area contributed by atoms with Crippen LogP contribution in [0.15, 0.2) is 24.4 Å². The Hall–Kier alpha value is -2.40. The minimum atomic E-state index is -0.0298. The lowest BCUT2D eigenvalue weighted by molar-refractivity contribution is -0.114.